The second-order valence-corrected chi connectivity index (χ2v) is 11.0. The molecule has 1 aliphatic rings. The van der Waals surface area contributed by atoms with E-state index >= 15 is 0 Å². The molecule has 1 aliphatic carbocycles. The van der Waals surface area contributed by atoms with Crippen molar-refractivity contribution in [3.05, 3.63) is 57.4 Å². The second-order valence-electron chi connectivity index (χ2n) is 9.82. The molecule has 1 saturated carbocycles. The molecule has 0 spiro atoms. The van der Waals surface area contributed by atoms with Crippen LogP contribution in [0.5, 0.6) is 0 Å². The van der Waals surface area contributed by atoms with E-state index in [9.17, 15) is 9.59 Å². The van der Waals surface area contributed by atoms with Gasteiger partial charge in [0, 0.05) is 47.8 Å². The largest absolute Gasteiger partial charge is 0.310 e. The predicted molar refractivity (Wildman–Crippen MR) is 129 cm³/mol. The number of Topliss-reactive ketones (excluding diaryl/α,β-unsaturated/α-hetero) is 1. The number of aryl methyl sites for hydroxylation is 3. The molecular weight excluding hydrogens is 434 g/mol. The molecule has 33 heavy (non-hydrogen) atoms. The van der Waals surface area contributed by atoms with E-state index in [-0.39, 0.29) is 23.0 Å². The lowest BCUT2D eigenvalue weighted by molar-refractivity contribution is -0.118. The zero-order chi connectivity index (χ0) is 23.6. The second kappa shape index (κ2) is 9.55. The number of hydrogen-bond acceptors (Lipinski definition) is 6. The van der Waals surface area contributed by atoms with E-state index in [1.54, 1.807) is 17.5 Å². The lowest BCUT2D eigenvalue weighted by Gasteiger charge is -2.13. The van der Waals surface area contributed by atoms with Gasteiger partial charge in [0.15, 0.2) is 0 Å². The number of amides is 1. The Balaban J connectivity index is 1.29. The van der Waals surface area contributed by atoms with Crippen molar-refractivity contribution in [3.63, 3.8) is 0 Å². The molecule has 3 aromatic heterocycles. The van der Waals surface area contributed by atoms with Crippen LogP contribution < -0.4 is 5.32 Å². The van der Waals surface area contributed by atoms with E-state index < -0.39 is 0 Å². The van der Waals surface area contributed by atoms with Crippen LogP contribution >= 0.6 is 11.3 Å². The van der Waals surface area contributed by atoms with Gasteiger partial charge < -0.3 is 5.32 Å². The van der Waals surface area contributed by atoms with E-state index in [2.05, 4.69) is 41.2 Å². The van der Waals surface area contributed by atoms with Crippen molar-refractivity contribution in [1.29, 1.82) is 0 Å². The van der Waals surface area contributed by atoms with Gasteiger partial charge in [0.2, 0.25) is 5.91 Å². The fourth-order valence-corrected chi connectivity index (χ4v) is 4.51. The molecule has 3 aromatic rings. The molecule has 0 aromatic carbocycles. The van der Waals surface area contributed by atoms with Crippen LogP contribution in [-0.2, 0) is 47.7 Å². The van der Waals surface area contributed by atoms with Gasteiger partial charge in [0.25, 0.3) is 0 Å². The first-order valence-corrected chi connectivity index (χ1v) is 12.2. The normalized spacial score (nSPS) is 13.8. The van der Waals surface area contributed by atoms with Gasteiger partial charge in [-0.3, -0.25) is 14.3 Å². The maximum Gasteiger partial charge on any atom is 0.228 e. The van der Waals surface area contributed by atoms with Crippen molar-refractivity contribution in [2.24, 2.45) is 13.0 Å². The molecule has 7 nitrogen and oxygen atoms in total. The summed E-state index contributed by atoms with van der Waals surface area (Å²) in [6.45, 7) is 6.36. The monoisotopic (exact) mass is 465 g/mol. The summed E-state index contributed by atoms with van der Waals surface area (Å²) in [4.78, 5) is 34.5. The summed E-state index contributed by atoms with van der Waals surface area (Å²) in [6, 6.07) is 5.94. The molecule has 1 amide bonds. The van der Waals surface area contributed by atoms with Crippen LogP contribution in [0.4, 0.5) is 5.82 Å². The van der Waals surface area contributed by atoms with Gasteiger partial charge in [0.1, 0.15) is 16.6 Å². The van der Waals surface area contributed by atoms with E-state index in [1.165, 1.54) is 0 Å². The van der Waals surface area contributed by atoms with Gasteiger partial charge in [-0.25, -0.2) is 9.97 Å². The van der Waals surface area contributed by atoms with Crippen LogP contribution in [-0.4, -0.2) is 31.4 Å². The van der Waals surface area contributed by atoms with Crippen LogP contribution in [0.15, 0.2) is 30.6 Å². The van der Waals surface area contributed by atoms with Crippen molar-refractivity contribution < 1.29 is 9.59 Å². The highest BCUT2D eigenvalue weighted by Gasteiger charge is 2.29. The number of thiazole rings is 1. The maximum atomic E-state index is 12.6. The minimum atomic E-state index is -0.0400. The standard InChI is InChI=1S/C25H31N5O2S/c1-25(2,3)21-13-18(30(4)29-21)12-19(31)14-23-27-15-20(33-23)8-5-16-9-10-26-22(11-16)28-24(32)17-6-7-17/h9-11,13,15,17H,5-8,12,14H2,1-4H3,(H,26,28,32). The number of anilines is 1. The molecule has 0 aliphatic heterocycles. The maximum absolute atomic E-state index is 12.6. The Morgan fingerprint density at radius 1 is 1.15 bits per heavy atom. The molecule has 1 N–H and O–H groups in total. The van der Waals surface area contributed by atoms with Gasteiger partial charge in [-0.2, -0.15) is 5.10 Å². The Morgan fingerprint density at radius 3 is 2.64 bits per heavy atom. The van der Waals surface area contributed by atoms with E-state index in [4.69, 9.17) is 0 Å². The first-order valence-electron chi connectivity index (χ1n) is 11.4. The molecule has 0 saturated heterocycles. The van der Waals surface area contributed by atoms with E-state index in [0.717, 1.165) is 52.5 Å². The number of ketones is 1. The molecule has 0 radical (unpaired) electrons. The lowest BCUT2D eigenvalue weighted by atomic mass is 9.92. The summed E-state index contributed by atoms with van der Waals surface area (Å²) in [5.41, 5.74) is 3.01. The molecule has 0 bridgehead atoms. The molecule has 0 atom stereocenters. The number of carbonyl (C=O) groups is 2. The van der Waals surface area contributed by atoms with Crippen molar-refractivity contribution in [3.8, 4) is 0 Å². The SMILES string of the molecule is Cn1nc(C(C)(C)C)cc1CC(=O)Cc1ncc(CCc2ccnc(NC(=O)C3CC3)c2)s1. The Bertz CT molecular complexity index is 1150. The highest BCUT2D eigenvalue weighted by Crippen LogP contribution is 2.30. The van der Waals surface area contributed by atoms with Crippen molar-refractivity contribution in [2.75, 3.05) is 5.32 Å². The molecule has 3 heterocycles. The third-order valence-corrected chi connectivity index (χ3v) is 6.81. The first-order chi connectivity index (χ1) is 15.7. The Labute approximate surface area is 198 Å². The van der Waals surface area contributed by atoms with Gasteiger partial charge >= 0.3 is 0 Å². The summed E-state index contributed by atoms with van der Waals surface area (Å²) in [5.74, 6) is 0.985. The van der Waals surface area contributed by atoms with E-state index in [0.29, 0.717) is 18.7 Å². The molecule has 0 unspecified atom stereocenters. The number of carbonyl (C=O) groups excluding carboxylic acids is 2. The highest BCUT2D eigenvalue weighted by molar-refractivity contribution is 7.11. The summed E-state index contributed by atoms with van der Waals surface area (Å²) in [6.07, 6.45) is 7.92. The first kappa shape index (κ1) is 23.3. The number of nitrogens with zero attached hydrogens (tertiary/aromatic N) is 4. The summed E-state index contributed by atoms with van der Waals surface area (Å²) < 4.78 is 1.81. The minimum absolute atomic E-state index is 0.0400. The zero-order valence-corrected chi connectivity index (χ0v) is 20.5. The van der Waals surface area contributed by atoms with Crippen LogP contribution in [0.25, 0.3) is 0 Å². The zero-order valence-electron chi connectivity index (χ0n) is 19.7. The van der Waals surface area contributed by atoms with Crippen LogP contribution in [0.1, 0.15) is 60.4 Å². The molecule has 1 fully saturated rings. The topological polar surface area (TPSA) is 89.8 Å². The van der Waals surface area contributed by atoms with Crippen molar-refractivity contribution in [1.82, 2.24) is 19.7 Å². The molecular formula is C25H31N5O2S. The summed E-state index contributed by atoms with van der Waals surface area (Å²) in [7, 11) is 1.89. The number of hydrogen-bond donors (Lipinski definition) is 1. The Kier molecular flexibility index (Phi) is 6.74. The van der Waals surface area contributed by atoms with Crippen LogP contribution in [0.3, 0.4) is 0 Å². The van der Waals surface area contributed by atoms with Gasteiger partial charge in [0.05, 0.1) is 12.1 Å². The van der Waals surface area contributed by atoms with Gasteiger partial charge in [-0.1, -0.05) is 20.8 Å². The number of aromatic nitrogens is 4. The predicted octanol–water partition coefficient (Wildman–Crippen LogP) is 4.06. The lowest BCUT2D eigenvalue weighted by Crippen LogP contribution is -2.14. The smallest absolute Gasteiger partial charge is 0.228 e. The Morgan fingerprint density at radius 2 is 1.94 bits per heavy atom. The van der Waals surface area contributed by atoms with Gasteiger partial charge in [-0.05, 0) is 49.4 Å². The molecule has 4 rings (SSSR count). The highest BCUT2D eigenvalue weighted by atomic mass is 32.1. The quantitative estimate of drug-likeness (QED) is 0.515. The summed E-state index contributed by atoms with van der Waals surface area (Å²) in [5, 5.41) is 8.30. The average molecular weight is 466 g/mol. The molecule has 8 heteroatoms. The average Bonchev–Trinajstić information content (AvgIpc) is 3.41. The van der Waals surface area contributed by atoms with Crippen molar-refractivity contribution >= 4 is 28.8 Å². The third-order valence-electron chi connectivity index (χ3n) is 5.76. The van der Waals surface area contributed by atoms with Crippen LogP contribution in [0.2, 0.25) is 0 Å². The van der Waals surface area contributed by atoms with Crippen molar-refractivity contribution in [2.45, 2.75) is 64.7 Å². The fourth-order valence-electron chi connectivity index (χ4n) is 3.56. The fraction of sp³-hybridized carbons (Fsp3) is 0.480. The molecule has 174 valence electrons. The van der Waals surface area contributed by atoms with Gasteiger partial charge in [-0.15, -0.1) is 11.3 Å². The Hall–Kier alpha value is -2.87. The van der Waals surface area contributed by atoms with Crippen LogP contribution in [0, 0.1) is 5.92 Å². The minimum Gasteiger partial charge on any atom is -0.310 e. The third kappa shape index (κ3) is 6.35. The number of pyridine rings is 1. The van der Waals surface area contributed by atoms with E-state index in [1.807, 2.05) is 36.1 Å². The summed E-state index contributed by atoms with van der Waals surface area (Å²) >= 11 is 1.59. The number of nitrogens with one attached hydrogen (secondary N) is 1. The number of rotatable bonds is 9.